The summed E-state index contributed by atoms with van der Waals surface area (Å²) in [6.07, 6.45) is -0.445. The second kappa shape index (κ2) is 4.30. The third-order valence-corrected chi connectivity index (χ3v) is 1.58. The van der Waals surface area contributed by atoms with Crippen LogP contribution in [0.4, 0.5) is 4.79 Å². The Balaban J connectivity index is 4.15. The zero-order chi connectivity index (χ0) is 9.78. The number of aliphatic hydroxyl groups is 1. The van der Waals surface area contributed by atoms with E-state index in [1.807, 2.05) is 20.8 Å². The van der Waals surface area contributed by atoms with Gasteiger partial charge >= 0.3 is 6.09 Å². The lowest BCUT2D eigenvalue weighted by Gasteiger charge is -2.32. The van der Waals surface area contributed by atoms with E-state index >= 15 is 0 Å². The van der Waals surface area contributed by atoms with Crippen LogP contribution in [0.2, 0.25) is 0 Å². The molecule has 2 N–H and O–H groups in total. The highest BCUT2D eigenvalue weighted by atomic mass is 16.4. The van der Waals surface area contributed by atoms with Crippen molar-refractivity contribution in [1.29, 1.82) is 0 Å². The van der Waals surface area contributed by atoms with E-state index in [1.165, 1.54) is 4.90 Å². The Labute approximate surface area is 72.8 Å². The summed E-state index contributed by atoms with van der Waals surface area (Å²) in [4.78, 5) is 12.0. The maximum absolute atomic E-state index is 10.7. The molecule has 0 bridgehead atoms. The minimum atomic E-state index is -0.934. The molecule has 1 amide bonds. The molecule has 12 heavy (non-hydrogen) atoms. The van der Waals surface area contributed by atoms with E-state index < -0.39 is 6.09 Å². The molecule has 0 saturated carbocycles. The number of nitrogens with zero attached hydrogens (tertiary/aromatic N) is 1. The molecule has 0 rings (SSSR count). The average Bonchev–Trinajstić information content (AvgIpc) is 1.84. The van der Waals surface area contributed by atoms with Gasteiger partial charge in [0.1, 0.15) is 0 Å². The number of rotatable bonds is 3. The number of hydrogen-bond donors (Lipinski definition) is 2. The highest BCUT2D eigenvalue weighted by molar-refractivity contribution is 5.65. The summed E-state index contributed by atoms with van der Waals surface area (Å²) in [5, 5.41) is 17.3. The quantitative estimate of drug-likeness (QED) is 0.676. The van der Waals surface area contributed by atoms with Crippen molar-refractivity contribution in [2.45, 2.75) is 32.7 Å². The van der Waals surface area contributed by atoms with Crippen LogP contribution in [0.25, 0.3) is 0 Å². The van der Waals surface area contributed by atoms with Crippen molar-refractivity contribution >= 4 is 6.09 Å². The Morgan fingerprint density at radius 1 is 1.42 bits per heavy atom. The molecule has 0 aromatic carbocycles. The monoisotopic (exact) mass is 175 g/mol. The molecule has 0 spiro atoms. The molecule has 72 valence electrons. The molecule has 0 heterocycles. The van der Waals surface area contributed by atoms with E-state index in [2.05, 4.69) is 0 Å². The third-order valence-electron chi connectivity index (χ3n) is 1.58. The lowest BCUT2D eigenvalue weighted by Crippen LogP contribution is -2.45. The smallest absolute Gasteiger partial charge is 0.407 e. The summed E-state index contributed by atoms with van der Waals surface area (Å²) in [6.45, 7) is 5.91. The van der Waals surface area contributed by atoms with E-state index in [0.29, 0.717) is 13.0 Å². The Morgan fingerprint density at radius 2 is 1.92 bits per heavy atom. The van der Waals surface area contributed by atoms with Crippen molar-refractivity contribution < 1.29 is 15.0 Å². The van der Waals surface area contributed by atoms with Gasteiger partial charge in [-0.25, -0.2) is 4.79 Å². The molecular formula is C8H17NO3. The van der Waals surface area contributed by atoms with Crippen LogP contribution in [0.5, 0.6) is 0 Å². The lowest BCUT2D eigenvalue weighted by atomic mass is 10.1. The molecule has 0 aromatic heterocycles. The standard InChI is InChI=1S/C8H17NO3/c1-8(2,3)9(7(11)12)5-4-6-10/h10H,4-6H2,1-3H3,(H,11,12). The summed E-state index contributed by atoms with van der Waals surface area (Å²) >= 11 is 0. The van der Waals surface area contributed by atoms with Crippen LogP contribution in [0, 0.1) is 0 Å². The van der Waals surface area contributed by atoms with Gasteiger partial charge in [-0.2, -0.15) is 0 Å². The van der Waals surface area contributed by atoms with E-state index in [9.17, 15) is 4.79 Å². The van der Waals surface area contributed by atoms with Gasteiger partial charge in [-0.05, 0) is 27.2 Å². The maximum Gasteiger partial charge on any atom is 0.407 e. The Kier molecular flexibility index (Phi) is 4.03. The molecule has 4 nitrogen and oxygen atoms in total. The highest BCUT2D eigenvalue weighted by Crippen LogP contribution is 2.13. The first-order chi connectivity index (χ1) is 5.39. The minimum Gasteiger partial charge on any atom is -0.465 e. The van der Waals surface area contributed by atoms with Crippen molar-refractivity contribution in [2.24, 2.45) is 0 Å². The van der Waals surface area contributed by atoms with Gasteiger partial charge in [0.25, 0.3) is 0 Å². The zero-order valence-electron chi connectivity index (χ0n) is 7.87. The summed E-state index contributed by atoms with van der Waals surface area (Å²) < 4.78 is 0. The highest BCUT2D eigenvalue weighted by Gasteiger charge is 2.24. The van der Waals surface area contributed by atoms with Gasteiger partial charge in [0.05, 0.1) is 0 Å². The Hall–Kier alpha value is -0.770. The van der Waals surface area contributed by atoms with Gasteiger partial charge in [0.15, 0.2) is 0 Å². The molecule has 0 aromatic rings. The predicted octanol–water partition coefficient (Wildman–Crippen LogP) is 1.15. The zero-order valence-corrected chi connectivity index (χ0v) is 7.87. The molecule has 0 saturated heterocycles. The first kappa shape index (κ1) is 11.2. The number of carboxylic acid groups (broad SMARTS) is 1. The largest absolute Gasteiger partial charge is 0.465 e. The van der Waals surface area contributed by atoms with Gasteiger partial charge in [-0.15, -0.1) is 0 Å². The Morgan fingerprint density at radius 3 is 2.17 bits per heavy atom. The van der Waals surface area contributed by atoms with Crippen LogP contribution in [-0.2, 0) is 0 Å². The Bertz CT molecular complexity index is 151. The maximum atomic E-state index is 10.7. The van der Waals surface area contributed by atoms with Crippen molar-refractivity contribution in [1.82, 2.24) is 4.90 Å². The van der Waals surface area contributed by atoms with Gasteiger partial charge in [-0.1, -0.05) is 0 Å². The predicted molar refractivity (Wildman–Crippen MR) is 46.2 cm³/mol. The normalized spacial score (nSPS) is 11.3. The SMILES string of the molecule is CC(C)(C)N(CCCO)C(=O)O. The second-order valence-electron chi connectivity index (χ2n) is 3.68. The number of aliphatic hydroxyl groups excluding tert-OH is 1. The summed E-state index contributed by atoms with van der Waals surface area (Å²) in [5.74, 6) is 0. The van der Waals surface area contributed by atoms with Crippen molar-refractivity contribution in [3.63, 3.8) is 0 Å². The van der Waals surface area contributed by atoms with Crippen LogP contribution in [0.15, 0.2) is 0 Å². The molecule has 0 aliphatic heterocycles. The third kappa shape index (κ3) is 3.57. The van der Waals surface area contributed by atoms with Gasteiger partial charge in [0, 0.05) is 18.7 Å². The topological polar surface area (TPSA) is 60.8 Å². The minimum absolute atomic E-state index is 0.0276. The van der Waals surface area contributed by atoms with Crippen LogP contribution in [-0.4, -0.2) is 39.9 Å². The molecule has 0 aliphatic carbocycles. The first-order valence-electron chi connectivity index (χ1n) is 4.01. The molecule has 0 aliphatic rings. The average molecular weight is 175 g/mol. The van der Waals surface area contributed by atoms with Crippen molar-refractivity contribution in [3.8, 4) is 0 Å². The molecular weight excluding hydrogens is 158 g/mol. The fraction of sp³-hybridized carbons (Fsp3) is 0.875. The van der Waals surface area contributed by atoms with Crippen LogP contribution >= 0.6 is 0 Å². The van der Waals surface area contributed by atoms with E-state index in [-0.39, 0.29) is 12.1 Å². The number of hydrogen-bond acceptors (Lipinski definition) is 2. The second-order valence-corrected chi connectivity index (χ2v) is 3.68. The van der Waals surface area contributed by atoms with E-state index in [1.54, 1.807) is 0 Å². The van der Waals surface area contributed by atoms with Gasteiger partial charge in [0.2, 0.25) is 0 Å². The molecule has 0 fully saturated rings. The molecule has 0 unspecified atom stereocenters. The lowest BCUT2D eigenvalue weighted by molar-refractivity contribution is 0.0953. The van der Waals surface area contributed by atoms with E-state index in [0.717, 1.165) is 0 Å². The molecule has 0 atom stereocenters. The number of amides is 1. The summed E-state index contributed by atoms with van der Waals surface area (Å²) in [7, 11) is 0. The van der Waals surface area contributed by atoms with Crippen molar-refractivity contribution in [2.75, 3.05) is 13.2 Å². The van der Waals surface area contributed by atoms with Gasteiger partial charge < -0.3 is 15.1 Å². The first-order valence-corrected chi connectivity index (χ1v) is 4.01. The van der Waals surface area contributed by atoms with E-state index in [4.69, 9.17) is 10.2 Å². The van der Waals surface area contributed by atoms with Crippen LogP contribution < -0.4 is 0 Å². The molecule has 0 radical (unpaired) electrons. The van der Waals surface area contributed by atoms with Gasteiger partial charge in [-0.3, -0.25) is 0 Å². The summed E-state index contributed by atoms with van der Waals surface area (Å²) in [5.41, 5.74) is -0.388. The van der Waals surface area contributed by atoms with Crippen molar-refractivity contribution in [3.05, 3.63) is 0 Å². The van der Waals surface area contributed by atoms with Crippen LogP contribution in [0.1, 0.15) is 27.2 Å². The fourth-order valence-corrected chi connectivity index (χ4v) is 0.947. The fourth-order valence-electron chi connectivity index (χ4n) is 0.947. The van der Waals surface area contributed by atoms with Crippen LogP contribution in [0.3, 0.4) is 0 Å². The summed E-state index contributed by atoms with van der Waals surface area (Å²) in [6, 6.07) is 0. The number of carbonyl (C=O) groups is 1. The molecule has 4 heteroatoms.